The molecule has 0 radical (unpaired) electrons. The Bertz CT molecular complexity index is 114. The van der Waals surface area contributed by atoms with Gasteiger partial charge in [0, 0.05) is 0 Å². The van der Waals surface area contributed by atoms with Gasteiger partial charge in [0.05, 0.1) is 5.60 Å². The van der Waals surface area contributed by atoms with Gasteiger partial charge in [-0.3, -0.25) is 0 Å². The van der Waals surface area contributed by atoms with Gasteiger partial charge in [-0.05, 0) is 32.4 Å². The van der Waals surface area contributed by atoms with Crippen LogP contribution in [0.25, 0.3) is 0 Å². The molecule has 1 aliphatic heterocycles. The molecule has 2 heteroatoms. The van der Waals surface area contributed by atoms with Gasteiger partial charge in [-0.2, -0.15) is 0 Å². The first-order valence-electron chi connectivity index (χ1n) is 3.83. The topological polar surface area (TPSA) is 32.3 Å². The maximum Gasteiger partial charge on any atom is 0.0837 e. The van der Waals surface area contributed by atoms with E-state index in [1.165, 1.54) is 0 Å². The normalized spacial score (nSPS) is 34.9. The van der Waals surface area contributed by atoms with Crippen molar-refractivity contribution in [2.24, 2.45) is 0 Å². The van der Waals surface area contributed by atoms with E-state index in [-0.39, 0.29) is 0 Å². The molecule has 58 valence electrons. The summed E-state index contributed by atoms with van der Waals surface area (Å²) >= 11 is 0. The first-order valence-corrected chi connectivity index (χ1v) is 3.83. The minimum Gasteiger partial charge on any atom is -0.386 e. The molecule has 1 atom stereocenters. The highest BCUT2D eigenvalue weighted by Crippen LogP contribution is 2.19. The second-order valence-corrected chi connectivity index (χ2v) is 2.91. The molecule has 2 N–H and O–H groups in total. The molecule has 10 heavy (non-hydrogen) atoms. The molecule has 2 nitrogen and oxygen atoms in total. The Hall–Kier alpha value is -0.340. The van der Waals surface area contributed by atoms with Gasteiger partial charge >= 0.3 is 0 Å². The molecule has 0 amide bonds. The minimum absolute atomic E-state index is 0.594. The standard InChI is InChI=1S/C8H15NO/c1-2-8(10)4-3-6-9-7-5-8/h2,9-10H,1,3-7H2. The molecular weight excluding hydrogens is 126 g/mol. The van der Waals surface area contributed by atoms with Crippen LogP contribution in [0.15, 0.2) is 12.7 Å². The second-order valence-electron chi connectivity index (χ2n) is 2.91. The predicted octanol–water partition coefficient (Wildman–Crippen LogP) is 0.677. The van der Waals surface area contributed by atoms with Crippen molar-refractivity contribution in [2.75, 3.05) is 13.1 Å². The summed E-state index contributed by atoms with van der Waals surface area (Å²) in [7, 11) is 0. The summed E-state index contributed by atoms with van der Waals surface area (Å²) < 4.78 is 0. The van der Waals surface area contributed by atoms with Crippen molar-refractivity contribution in [3.63, 3.8) is 0 Å². The van der Waals surface area contributed by atoms with Crippen LogP contribution in [-0.4, -0.2) is 23.8 Å². The third-order valence-electron chi connectivity index (χ3n) is 2.08. The van der Waals surface area contributed by atoms with E-state index in [0.29, 0.717) is 0 Å². The number of hydrogen-bond donors (Lipinski definition) is 2. The van der Waals surface area contributed by atoms with Gasteiger partial charge in [-0.1, -0.05) is 6.08 Å². The molecule has 0 saturated carbocycles. The first kappa shape index (κ1) is 7.76. The largest absolute Gasteiger partial charge is 0.386 e. The fourth-order valence-electron chi connectivity index (χ4n) is 1.28. The first-order chi connectivity index (χ1) is 4.77. The summed E-state index contributed by atoms with van der Waals surface area (Å²) in [6, 6.07) is 0. The zero-order chi connectivity index (χ0) is 7.45. The zero-order valence-corrected chi connectivity index (χ0v) is 6.27. The predicted molar refractivity (Wildman–Crippen MR) is 41.9 cm³/mol. The molecule has 0 aromatic carbocycles. The smallest absolute Gasteiger partial charge is 0.0837 e. The molecule has 1 rings (SSSR count). The molecule has 1 heterocycles. The van der Waals surface area contributed by atoms with Crippen LogP contribution in [0.4, 0.5) is 0 Å². The van der Waals surface area contributed by atoms with E-state index in [0.717, 1.165) is 32.4 Å². The highest BCUT2D eigenvalue weighted by atomic mass is 16.3. The van der Waals surface area contributed by atoms with Crippen LogP contribution in [-0.2, 0) is 0 Å². The van der Waals surface area contributed by atoms with Crippen molar-refractivity contribution in [2.45, 2.75) is 24.9 Å². The maximum absolute atomic E-state index is 9.70. The Morgan fingerprint density at radius 1 is 1.40 bits per heavy atom. The molecule has 1 saturated heterocycles. The summed E-state index contributed by atoms with van der Waals surface area (Å²) in [6.07, 6.45) is 4.36. The van der Waals surface area contributed by atoms with Gasteiger partial charge in [0.1, 0.15) is 0 Å². The molecule has 0 aromatic rings. The highest BCUT2D eigenvalue weighted by molar-refractivity contribution is 4.96. The third kappa shape index (κ3) is 1.82. The Balaban J connectivity index is 2.48. The van der Waals surface area contributed by atoms with Crippen molar-refractivity contribution in [1.29, 1.82) is 0 Å². The molecule has 1 fully saturated rings. The van der Waals surface area contributed by atoms with Gasteiger partial charge in [-0.25, -0.2) is 0 Å². The van der Waals surface area contributed by atoms with Crippen LogP contribution < -0.4 is 5.32 Å². The van der Waals surface area contributed by atoms with E-state index in [2.05, 4.69) is 11.9 Å². The minimum atomic E-state index is -0.594. The average Bonchev–Trinajstić information content (AvgIpc) is 2.15. The van der Waals surface area contributed by atoms with Crippen LogP contribution in [0.3, 0.4) is 0 Å². The van der Waals surface area contributed by atoms with E-state index in [1.807, 2.05) is 0 Å². The van der Waals surface area contributed by atoms with Crippen molar-refractivity contribution in [3.05, 3.63) is 12.7 Å². The fraction of sp³-hybridized carbons (Fsp3) is 0.750. The van der Waals surface area contributed by atoms with Gasteiger partial charge in [-0.15, -0.1) is 6.58 Å². The average molecular weight is 141 g/mol. The lowest BCUT2D eigenvalue weighted by molar-refractivity contribution is 0.0786. The lowest BCUT2D eigenvalue weighted by Crippen LogP contribution is -2.26. The van der Waals surface area contributed by atoms with Crippen molar-refractivity contribution in [3.8, 4) is 0 Å². The van der Waals surface area contributed by atoms with E-state index in [1.54, 1.807) is 6.08 Å². The molecule has 0 spiro atoms. The summed E-state index contributed by atoms with van der Waals surface area (Å²) in [5.41, 5.74) is -0.594. The number of rotatable bonds is 1. The monoisotopic (exact) mass is 141 g/mol. The van der Waals surface area contributed by atoms with Crippen LogP contribution in [0.1, 0.15) is 19.3 Å². The van der Waals surface area contributed by atoms with Gasteiger partial charge in [0.15, 0.2) is 0 Å². The zero-order valence-electron chi connectivity index (χ0n) is 6.27. The highest BCUT2D eigenvalue weighted by Gasteiger charge is 2.23. The number of hydrogen-bond acceptors (Lipinski definition) is 2. The maximum atomic E-state index is 9.70. The van der Waals surface area contributed by atoms with Gasteiger partial charge in [0.2, 0.25) is 0 Å². The van der Waals surface area contributed by atoms with Crippen LogP contribution in [0.5, 0.6) is 0 Å². The molecular formula is C8H15NO. The number of nitrogens with one attached hydrogen (secondary N) is 1. The van der Waals surface area contributed by atoms with Gasteiger partial charge in [0.25, 0.3) is 0 Å². The Morgan fingerprint density at radius 3 is 2.90 bits per heavy atom. The van der Waals surface area contributed by atoms with Crippen LogP contribution in [0, 0.1) is 0 Å². The van der Waals surface area contributed by atoms with Crippen LogP contribution >= 0.6 is 0 Å². The fourth-order valence-corrected chi connectivity index (χ4v) is 1.28. The Labute approximate surface area is 61.9 Å². The summed E-state index contributed by atoms with van der Waals surface area (Å²) in [6.45, 7) is 5.55. The van der Waals surface area contributed by atoms with E-state index in [9.17, 15) is 5.11 Å². The van der Waals surface area contributed by atoms with E-state index >= 15 is 0 Å². The third-order valence-corrected chi connectivity index (χ3v) is 2.08. The summed E-state index contributed by atoms with van der Waals surface area (Å²) in [5.74, 6) is 0. The van der Waals surface area contributed by atoms with E-state index < -0.39 is 5.60 Å². The molecule has 0 bridgehead atoms. The van der Waals surface area contributed by atoms with Crippen molar-refractivity contribution in [1.82, 2.24) is 5.32 Å². The van der Waals surface area contributed by atoms with E-state index in [4.69, 9.17) is 0 Å². The number of aliphatic hydroxyl groups is 1. The SMILES string of the molecule is C=CC1(O)CCCNCC1. The Kier molecular flexibility index (Phi) is 2.46. The quantitative estimate of drug-likeness (QED) is 0.526. The Morgan fingerprint density at radius 2 is 2.20 bits per heavy atom. The lowest BCUT2D eigenvalue weighted by atomic mass is 9.95. The summed E-state index contributed by atoms with van der Waals surface area (Å²) in [4.78, 5) is 0. The molecule has 0 aliphatic carbocycles. The lowest BCUT2D eigenvalue weighted by Gasteiger charge is -2.20. The van der Waals surface area contributed by atoms with Crippen molar-refractivity contribution < 1.29 is 5.11 Å². The van der Waals surface area contributed by atoms with Gasteiger partial charge < -0.3 is 10.4 Å². The van der Waals surface area contributed by atoms with Crippen LogP contribution in [0.2, 0.25) is 0 Å². The van der Waals surface area contributed by atoms with Crippen molar-refractivity contribution >= 4 is 0 Å². The second kappa shape index (κ2) is 3.17. The molecule has 1 aliphatic rings. The summed E-state index contributed by atoms with van der Waals surface area (Å²) in [5, 5.41) is 12.9. The molecule has 1 unspecified atom stereocenters. The molecule has 0 aromatic heterocycles.